The minimum atomic E-state index is 0.469. The molecule has 1 unspecified atom stereocenters. The highest BCUT2D eigenvalue weighted by atomic mass is 16.5. The van der Waals surface area contributed by atoms with E-state index in [1.54, 1.807) is 13.4 Å². The predicted octanol–water partition coefficient (Wildman–Crippen LogP) is 0.309. The second-order valence-electron chi connectivity index (χ2n) is 4.04. The van der Waals surface area contributed by atoms with E-state index in [1.807, 2.05) is 6.07 Å². The van der Waals surface area contributed by atoms with Gasteiger partial charge in [0.2, 0.25) is 0 Å². The molecule has 6 heteroatoms. The number of ether oxygens (including phenoxy) is 1. The van der Waals surface area contributed by atoms with Gasteiger partial charge in [-0.15, -0.1) is 0 Å². The van der Waals surface area contributed by atoms with E-state index < -0.39 is 0 Å². The van der Waals surface area contributed by atoms with E-state index in [9.17, 15) is 0 Å². The zero-order chi connectivity index (χ0) is 11.9. The number of hydrogen-bond acceptors (Lipinski definition) is 6. The smallest absolute Gasteiger partial charge is 0.131 e. The van der Waals surface area contributed by atoms with Crippen molar-refractivity contribution in [3.63, 3.8) is 0 Å². The maximum absolute atomic E-state index is 4.97. The third-order valence-electron chi connectivity index (χ3n) is 2.69. The predicted molar refractivity (Wildman–Crippen MR) is 67.3 cm³/mol. The molecule has 0 aromatic carbocycles. The molecule has 0 saturated carbocycles. The van der Waals surface area contributed by atoms with E-state index in [1.165, 1.54) is 0 Å². The van der Waals surface area contributed by atoms with Crippen LogP contribution in [0.5, 0.6) is 0 Å². The number of methoxy groups -OCH3 is 1. The molecule has 1 aliphatic rings. The highest BCUT2D eigenvalue weighted by molar-refractivity contribution is 5.47. The molecule has 17 heavy (non-hydrogen) atoms. The Bertz CT molecular complexity index is 340. The summed E-state index contributed by atoms with van der Waals surface area (Å²) in [7, 11) is 1.68. The summed E-state index contributed by atoms with van der Waals surface area (Å²) in [6, 6.07) is 2.39. The second-order valence-corrected chi connectivity index (χ2v) is 4.04. The second kappa shape index (κ2) is 6.36. The quantitative estimate of drug-likeness (QED) is 0.619. The van der Waals surface area contributed by atoms with Crippen LogP contribution >= 0.6 is 0 Å². The topological polar surface area (TPSA) is 71.1 Å². The van der Waals surface area contributed by atoms with Gasteiger partial charge in [0.1, 0.15) is 18.0 Å². The van der Waals surface area contributed by atoms with Gasteiger partial charge in [0.25, 0.3) is 0 Å². The first-order chi connectivity index (χ1) is 8.38. The van der Waals surface area contributed by atoms with Crippen LogP contribution in [0.2, 0.25) is 0 Å². The minimum absolute atomic E-state index is 0.469. The number of rotatable bonds is 6. The fourth-order valence-electron chi connectivity index (χ4n) is 1.80. The van der Waals surface area contributed by atoms with Gasteiger partial charge in [0, 0.05) is 32.3 Å². The molecule has 0 radical (unpaired) electrons. The first-order valence-corrected chi connectivity index (χ1v) is 5.90. The van der Waals surface area contributed by atoms with E-state index in [4.69, 9.17) is 4.74 Å². The van der Waals surface area contributed by atoms with Gasteiger partial charge in [-0.05, 0) is 13.0 Å². The number of nitrogens with one attached hydrogen (secondary N) is 3. The molecule has 1 saturated heterocycles. The van der Waals surface area contributed by atoms with Crippen LogP contribution in [0.1, 0.15) is 6.42 Å². The van der Waals surface area contributed by atoms with E-state index in [0.717, 1.165) is 37.7 Å². The summed E-state index contributed by atoms with van der Waals surface area (Å²) in [6.45, 7) is 3.48. The lowest BCUT2D eigenvalue weighted by molar-refractivity contribution is 0.210. The molecule has 2 heterocycles. The van der Waals surface area contributed by atoms with E-state index in [2.05, 4.69) is 25.9 Å². The summed E-state index contributed by atoms with van der Waals surface area (Å²) in [5.41, 5.74) is 0. The van der Waals surface area contributed by atoms with Crippen molar-refractivity contribution in [1.82, 2.24) is 15.3 Å². The van der Waals surface area contributed by atoms with E-state index in [0.29, 0.717) is 12.6 Å². The van der Waals surface area contributed by atoms with Gasteiger partial charge < -0.3 is 20.7 Å². The normalized spacial score (nSPS) is 19.2. The van der Waals surface area contributed by atoms with Crippen LogP contribution in [-0.2, 0) is 4.74 Å². The number of aromatic nitrogens is 2. The Hall–Kier alpha value is -1.40. The summed E-state index contributed by atoms with van der Waals surface area (Å²) < 4.78 is 4.97. The molecule has 1 fully saturated rings. The van der Waals surface area contributed by atoms with E-state index in [-0.39, 0.29) is 0 Å². The average Bonchev–Trinajstić information content (AvgIpc) is 2.83. The molecule has 0 aliphatic carbocycles. The molecule has 0 spiro atoms. The molecular weight excluding hydrogens is 218 g/mol. The van der Waals surface area contributed by atoms with Crippen molar-refractivity contribution in [3.05, 3.63) is 12.4 Å². The zero-order valence-corrected chi connectivity index (χ0v) is 10.1. The fraction of sp³-hybridized carbons (Fsp3) is 0.636. The summed E-state index contributed by atoms with van der Waals surface area (Å²) in [5, 5.41) is 9.88. The first kappa shape index (κ1) is 12.1. The third-order valence-corrected chi connectivity index (χ3v) is 2.69. The molecule has 1 aromatic heterocycles. The Labute approximate surface area is 101 Å². The van der Waals surface area contributed by atoms with Crippen LogP contribution in [0.25, 0.3) is 0 Å². The Kier molecular flexibility index (Phi) is 4.52. The summed E-state index contributed by atoms with van der Waals surface area (Å²) in [6.07, 6.45) is 2.70. The molecule has 1 atom stereocenters. The van der Waals surface area contributed by atoms with Gasteiger partial charge in [-0.1, -0.05) is 0 Å². The van der Waals surface area contributed by atoms with Crippen LogP contribution in [-0.4, -0.2) is 49.4 Å². The van der Waals surface area contributed by atoms with Crippen molar-refractivity contribution in [2.24, 2.45) is 0 Å². The largest absolute Gasteiger partial charge is 0.383 e. The molecule has 0 amide bonds. The van der Waals surface area contributed by atoms with Crippen LogP contribution in [0.3, 0.4) is 0 Å². The van der Waals surface area contributed by atoms with Gasteiger partial charge in [0.15, 0.2) is 0 Å². The Morgan fingerprint density at radius 1 is 1.47 bits per heavy atom. The van der Waals surface area contributed by atoms with Crippen molar-refractivity contribution in [2.75, 3.05) is 44.0 Å². The van der Waals surface area contributed by atoms with Gasteiger partial charge in [-0.25, -0.2) is 9.97 Å². The lowest BCUT2D eigenvalue weighted by Gasteiger charge is -2.12. The van der Waals surface area contributed by atoms with Crippen molar-refractivity contribution >= 4 is 11.6 Å². The van der Waals surface area contributed by atoms with Crippen molar-refractivity contribution in [3.8, 4) is 0 Å². The average molecular weight is 237 g/mol. The fourth-order valence-corrected chi connectivity index (χ4v) is 1.80. The SMILES string of the molecule is COCCNc1cc(NC2CCNC2)ncn1. The Morgan fingerprint density at radius 3 is 3.12 bits per heavy atom. The van der Waals surface area contributed by atoms with Crippen LogP contribution < -0.4 is 16.0 Å². The molecular formula is C11H19N5O. The van der Waals surface area contributed by atoms with Gasteiger partial charge in [-0.3, -0.25) is 0 Å². The summed E-state index contributed by atoms with van der Waals surface area (Å²) >= 11 is 0. The number of anilines is 2. The molecule has 6 nitrogen and oxygen atoms in total. The number of nitrogens with zero attached hydrogens (tertiary/aromatic N) is 2. The highest BCUT2D eigenvalue weighted by Crippen LogP contribution is 2.11. The molecule has 0 bridgehead atoms. The third kappa shape index (κ3) is 3.83. The number of hydrogen-bond donors (Lipinski definition) is 3. The Balaban J connectivity index is 1.86. The molecule has 1 aromatic rings. The van der Waals surface area contributed by atoms with Gasteiger partial charge in [0.05, 0.1) is 6.61 Å². The lowest BCUT2D eigenvalue weighted by atomic mass is 10.2. The maximum Gasteiger partial charge on any atom is 0.131 e. The van der Waals surface area contributed by atoms with Crippen LogP contribution in [0.15, 0.2) is 12.4 Å². The molecule has 3 N–H and O–H groups in total. The van der Waals surface area contributed by atoms with Crippen molar-refractivity contribution in [2.45, 2.75) is 12.5 Å². The zero-order valence-electron chi connectivity index (χ0n) is 10.1. The van der Waals surface area contributed by atoms with Crippen LogP contribution in [0, 0.1) is 0 Å². The Morgan fingerprint density at radius 2 is 2.35 bits per heavy atom. The molecule has 1 aliphatic heterocycles. The van der Waals surface area contributed by atoms with Crippen molar-refractivity contribution < 1.29 is 4.74 Å². The van der Waals surface area contributed by atoms with Gasteiger partial charge in [-0.2, -0.15) is 0 Å². The molecule has 94 valence electrons. The minimum Gasteiger partial charge on any atom is -0.383 e. The lowest BCUT2D eigenvalue weighted by Crippen LogP contribution is -2.22. The van der Waals surface area contributed by atoms with Crippen LogP contribution in [0.4, 0.5) is 11.6 Å². The monoisotopic (exact) mass is 237 g/mol. The van der Waals surface area contributed by atoms with Gasteiger partial charge >= 0.3 is 0 Å². The maximum atomic E-state index is 4.97. The first-order valence-electron chi connectivity index (χ1n) is 5.90. The van der Waals surface area contributed by atoms with E-state index >= 15 is 0 Å². The summed E-state index contributed by atoms with van der Waals surface area (Å²) in [5.74, 6) is 1.69. The van der Waals surface area contributed by atoms with Crippen molar-refractivity contribution in [1.29, 1.82) is 0 Å². The molecule has 2 rings (SSSR count). The summed E-state index contributed by atoms with van der Waals surface area (Å²) in [4.78, 5) is 8.36. The standard InChI is InChI=1S/C11H19N5O/c1-17-5-4-13-10-6-11(15-8-14-10)16-9-2-3-12-7-9/h6,8-9,12H,2-5,7H2,1H3,(H2,13,14,15,16). The highest BCUT2D eigenvalue weighted by Gasteiger charge is 2.14.